The second-order valence-electron chi connectivity index (χ2n) is 8.19. The van der Waals surface area contributed by atoms with Crippen molar-refractivity contribution in [3.8, 4) is 0 Å². The van der Waals surface area contributed by atoms with Crippen LogP contribution in [0, 0.1) is 0 Å². The highest BCUT2D eigenvalue weighted by Crippen LogP contribution is 2.31. The molecule has 3 heteroatoms. The Bertz CT molecular complexity index is 937. The first-order valence-electron chi connectivity index (χ1n) is 10.1. The number of benzene rings is 2. The van der Waals surface area contributed by atoms with Gasteiger partial charge in [0.15, 0.2) is 0 Å². The van der Waals surface area contributed by atoms with Crippen LogP contribution in [-0.4, -0.2) is 29.6 Å². The molecule has 2 nitrogen and oxygen atoms in total. The standard InChI is InChI=1S/C24H29ClN2/c1-17(2)19-6-4-18(5-7-19)10-15-27-23-9-8-20(25)16-22(23)21-11-13-26(3)14-12-24(21)27/h4-9,16-17H,10-15H2,1-3H3. The summed E-state index contributed by atoms with van der Waals surface area (Å²) in [5.41, 5.74) is 7.18. The molecule has 0 aliphatic carbocycles. The molecule has 0 atom stereocenters. The normalized spacial score (nSPS) is 15.3. The Morgan fingerprint density at radius 3 is 2.48 bits per heavy atom. The molecule has 27 heavy (non-hydrogen) atoms. The molecule has 0 N–H and O–H groups in total. The maximum absolute atomic E-state index is 6.33. The Hall–Kier alpha value is -1.77. The van der Waals surface area contributed by atoms with Gasteiger partial charge in [0, 0.05) is 47.7 Å². The Labute approximate surface area is 167 Å². The Morgan fingerprint density at radius 1 is 1.00 bits per heavy atom. The molecular weight excluding hydrogens is 352 g/mol. The van der Waals surface area contributed by atoms with Crippen molar-refractivity contribution in [1.82, 2.24) is 9.47 Å². The molecule has 0 unspecified atom stereocenters. The molecule has 1 aliphatic rings. The molecule has 0 spiro atoms. The fourth-order valence-electron chi connectivity index (χ4n) is 4.29. The molecule has 2 aromatic carbocycles. The van der Waals surface area contributed by atoms with E-state index in [1.54, 1.807) is 0 Å². The summed E-state index contributed by atoms with van der Waals surface area (Å²) in [6.07, 6.45) is 3.29. The van der Waals surface area contributed by atoms with Crippen molar-refractivity contribution in [2.75, 3.05) is 20.1 Å². The zero-order chi connectivity index (χ0) is 19.0. The van der Waals surface area contributed by atoms with E-state index in [1.165, 1.54) is 33.3 Å². The number of nitrogens with zero attached hydrogens (tertiary/aromatic N) is 2. The summed E-state index contributed by atoms with van der Waals surface area (Å²) in [5.74, 6) is 0.588. The molecule has 0 saturated carbocycles. The van der Waals surface area contributed by atoms with Crippen LogP contribution in [0.4, 0.5) is 0 Å². The van der Waals surface area contributed by atoms with Crippen LogP contribution >= 0.6 is 11.6 Å². The zero-order valence-electron chi connectivity index (χ0n) is 16.6. The van der Waals surface area contributed by atoms with Gasteiger partial charge in [-0.3, -0.25) is 0 Å². The van der Waals surface area contributed by atoms with Gasteiger partial charge in [-0.1, -0.05) is 49.7 Å². The van der Waals surface area contributed by atoms with Crippen LogP contribution in [0.15, 0.2) is 42.5 Å². The molecular formula is C24H29ClN2. The molecule has 4 rings (SSSR count). The van der Waals surface area contributed by atoms with E-state index in [-0.39, 0.29) is 0 Å². The topological polar surface area (TPSA) is 8.17 Å². The minimum Gasteiger partial charge on any atom is -0.344 e. The van der Waals surface area contributed by atoms with Crippen LogP contribution in [0.3, 0.4) is 0 Å². The first-order valence-corrected chi connectivity index (χ1v) is 10.5. The van der Waals surface area contributed by atoms with Crippen molar-refractivity contribution in [1.29, 1.82) is 0 Å². The first kappa shape index (κ1) is 18.6. The summed E-state index contributed by atoms with van der Waals surface area (Å²) in [6, 6.07) is 15.6. The van der Waals surface area contributed by atoms with Gasteiger partial charge in [-0.15, -0.1) is 0 Å². The second kappa shape index (κ2) is 7.69. The molecule has 0 radical (unpaired) electrons. The van der Waals surface area contributed by atoms with Gasteiger partial charge in [0.25, 0.3) is 0 Å². The highest BCUT2D eigenvalue weighted by molar-refractivity contribution is 6.31. The van der Waals surface area contributed by atoms with E-state index in [2.05, 4.69) is 66.8 Å². The Balaban J connectivity index is 1.66. The Kier molecular flexibility index (Phi) is 5.29. The fourth-order valence-corrected chi connectivity index (χ4v) is 4.46. The van der Waals surface area contributed by atoms with Crippen LogP contribution in [0.25, 0.3) is 10.9 Å². The summed E-state index contributed by atoms with van der Waals surface area (Å²) >= 11 is 6.33. The number of hydrogen-bond acceptors (Lipinski definition) is 1. The van der Waals surface area contributed by atoms with E-state index >= 15 is 0 Å². The van der Waals surface area contributed by atoms with Crippen LogP contribution < -0.4 is 0 Å². The SMILES string of the molecule is CC(C)c1ccc(CCn2c3c(c4cc(Cl)ccc42)CCN(C)CC3)cc1. The lowest BCUT2D eigenvalue weighted by Gasteiger charge is -2.14. The summed E-state index contributed by atoms with van der Waals surface area (Å²) < 4.78 is 2.55. The second-order valence-corrected chi connectivity index (χ2v) is 8.62. The molecule has 2 heterocycles. The van der Waals surface area contributed by atoms with E-state index in [4.69, 9.17) is 11.6 Å². The molecule has 0 saturated heterocycles. The van der Waals surface area contributed by atoms with Crippen LogP contribution in [0.2, 0.25) is 5.02 Å². The smallest absolute Gasteiger partial charge is 0.0486 e. The minimum absolute atomic E-state index is 0.588. The highest BCUT2D eigenvalue weighted by atomic mass is 35.5. The molecule has 0 fully saturated rings. The zero-order valence-corrected chi connectivity index (χ0v) is 17.4. The molecule has 3 aromatic rings. The predicted molar refractivity (Wildman–Crippen MR) is 116 cm³/mol. The number of halogens is 1. The quantitative estimate of drug-likeness (QED) is 0.564. The maximum atomic E-state index is 6.33. The molecule has 1 aliphatic heterocycles. The van der Waals surface area contributed by atoms with Crippen molar-refractivity contribution in [3.63, 3.8) is 0 Å². The van der Waals surface area contributed by atoms with Gasteiger partial charge in [-0.2, -0.15) is 0 Å². The molecule has 1 aromatic heterocycles. The lowest BCUT2D eigenvalue weighted by molar-refractivity contribution is 0.351. The Morgan fingerprint density at radius 2 is 1.74 bits per heavy atom. The number of aryl methyl sites for hydroxylation is 2. The molecule has 142 valence electrons. The fraction of sp³-hybridized carbons (Fsp3) is 0.417. The van der Waals surface area contributed by atoms with Gasteiger partial charge in [0.1, 0.15) is 0 Å². The summed E-state index contributed by atoms with van der Waals surface area (Å²) in [6.45, 7) is 7.77. The van der Waals surface area contributed by atoms with Crippen molar-refractivity contribution >= 4 is 22.5 Å². The number of hydrogen-bond donors (Lipinski definition) is 0. The average molecular weight is 381 g/mol. The lowest BCUT2D eigenvalue weighted by atomic mass is 10.0. The monoisotopic (exact) mass is 380 g/mol. The van der Waals surface area contributed by atoms with Crippen LogP contribution in [0.5, 0.6) is 0 Å². The van der Waals surface area contributed by atoms with E-state index in [9.17, 15) is 0 Å². The minimum atomic E-state index is 0.588. The summed E-state index contributed by atoms with van der Waals surface area (Å²) in [5, 5.41) is 2.19. The van der Waals surface area contributed by atoms with Crippen molar-refractivity contribution < 1.29 is 0 Å². The van der Waals surface area contributed by atoms with E-state index < -0.39 is 0 Å². The van der Waals surface area contributed by atoms with Crippen molar-refractivity contribution in [2.24, 2.45) is 0 Å². The van der Waals surface area contributed by atoms with Crippen LogP contribution in [0.1, 0.15) is 42.1 Å². The maximum Gasteiger partial charge on any atom is 0.0486 e. The van der Waals surface area contributed by atoms with Crippen molar-refractivity contribution in [3.05, 3.63) is 69.9 Å². The third-order valence-electron chi connectivity index (χ3n) is 5.99. The third-order valence-corrected chi connectivity index (χ3v) is 6.23. The summed E-state index contributed by atoms with van der Waals surface area (Å²) in [4.78, 5) is 2.44. The van der Waals surface area contributed by atoms with Gasteiger partial charge < -0.3 is 9.47 Å². The third kappa shape index (κ3) is 3.79. The summed E-state index contributed by atoms with van der Waals surface area (Å²) in [7, 11) is 2.22. The number of rotatable bonds is 4. The van der Waals surface area contributed by atoms with Gasteiger partial charge in [-0.25, -0.2) is 0 Å². The highest BCUT2D eigenvalue weighted by Gasteiger charge is 2.20. The van der Waals surface area contributed by atoms with Gasteiger partial charge in [0.05, 0.1) is 0 Å². The van der Waals surface area contributed by atoms with E-state index in [1.807, 2.05) is 6.07 Å². The number of fused-ring (bicyclic) bond motifs is 3. The van der Waals surface area contributed by atoms with Gasteiger partial charge in [-0.05, 0) is 60.7 Å². The van der Waals surface area contributed by atoms with E-state index in [0.717, 1.165) is 43.9 Å². The van der Waals surface area contributed by atoms with Crippen molar-refractivity contribution in [2.45, 2.75) is 45.6 Å². The molecule has 0 bridgehead atoms. The predicted octanol–water partition coefficient (Wildman–Crippen LogP) is 5.69. The van der Waals surface area contributed by atoms with Gasteiger partial charge in [0.2, 0.25) is 0 Å². The van der Waals surface area contributed by atoms with Crippen LogP contribution in [-0.2, 0) is 25.8 Å². The average Bonchev–Trinajstić information content (AvgIpc) is 2.80. The largest absolute Gasteiger partial charge is 0.344 e. The molecule has 0 amide bonds. The lowest BCUT2D eigenvalue weighted by Crippen LogP contribution is -2.21. The first-order chi connectivity index (χ1) is 13.0. The number of likely N-dealkylation sites (N-methyl/N-ethyl adjacent to an activating group) is 1. The number of aromatic nitrogens is 1. The van der Waals surface area contributed by atoms with E-state index in [0.29, 0.717) is 5.92 Å². The van der Waals surface area contributed by atoms with Gasteiger partial charge >= 0.3 is 0 Å².